The van der Waals surface area contributed by atoms with E-state index in [0.29, 0.717) is 0 Å². The van der Waals surface area contributed by atoms with Crippen molar-refractivity contribution < 1.29 is 13.2 Å². The third kappa shape index (κ3) is 4.47. The quantitative estimate of drug-likeness (QED) is 0.448. The second-order valence-electron chi connectivity index (χ2n) is 8.07. The van der Waals surface area contributed by atoms with E-state index in [-0.39, 0.29) is 11.4 Å². The van der Waals surface area contributed by atoms with E-state index >= 15 is 0 Å². The molecule has 0 unspecified atom stereocenters. The molecule has 0 bridgehead atoms. The molecule has 160 valence electrons. The summed E-state index contributed by atoms with van der Waals surface area (Å²) >= 11 is 0. The normalized spacial score (nSPS) is 12.2. The Balaban J connectivity index is 1.56. The Hall–Kier alpha value is -3.16. The summed E-state index contributed by atoms with van der Waals surface area (Å²) in [6.07, 6.45) is 0. The topological polar surface area (TPSA) is 84.1 Å². The van der Waals surface area contributed by atoms with Crippen LogP contribution in [0.15, 0.2) is 77.7 Å². The Morgan fingerprint density at radius 2 is 1.71 bits per heavy atom. The van der Waals surface area contributed by atoms with Crippen LogP contribution in [0.4, 0.5) is 0 Å². The SMILES string of the molecule is COc1ccc(-c2nc3cc(C(C)(C)CNS(=O)(=O)c4ccccc4)ccc3[nH]2)cc1. The van der Waals surface area contributed by atoms with E-state index in [0.717, 1.165) is 33.7 Å². The molecular weight excluding hydrogens is 410 g/mol. The van der Waals surface area contributed by atoms with Crippen molar-refractivity contribution in [2.45, 2.75) is 24.2 Å². The summed E-state index contributed by atoms with van der Waals surface area (Å²) in [5.41, 5.74) is 3.31. The van der Waals surface area contributed by atoms with Crippen molar-refractivity contribution in [2.75, 3.05) is 13.7 Å². The van der Waals surface area contributed by atoms with Crippen molar-refractivity contribution >= 4 is 21.1 Å². The second-order valence-corrected chi connectivity index (χ2v) is 9.83. The van der Waals surface area contributed by atoms with E-state index in [1.165, 1.54) is 0 Å². The Labute approximate surface area is 182 Å². The average Bonchev–Trinajstić information content (AvgIpc) is 3.22. The number of benzene rings is 3. The second kappa shape index (κ2) is 8.17. The van der Waals surface area contributed by atoms with Crippen molar-refractivity contribution in [1.29, 1.82) is 0 Å². The fourth-order valence-electron chi connectivity index (χ4n) is 3.37. The molecule has 0 aliphatic heterocycles. The van der Waals surface area contributed by atoms with E-state index in [1.54, 1.807) is 37.4 Å². The van der Waals surface area contributed by atoms with Gasteiger partial charge in [-0.2, -0.15) is 0 Å². The number of aromatic nitrogens is 2. The molecule has 0 spiro atoms. The molecule has 3 aromatic carbocycles. The number of hydrogen-bond acceptors (Lipinski definition) is 4. The van der Waals surface area contributed by atoms with E-state index in [2.05, 4.69) is 9.71 Å². The van der Waals surface area contributed by atoms with Gasteiger partial charge in [0.1, 0.15) is 11.6 Å². The third-order valence-electron chi connectivity index (χ3n) is 5.39. The number of fused-ring (bicyclic) bond motifs is 1. The van der Waals surface area contributed by atoms with Gasteiger partial charge >= 0.3 is 0 Å². The van der Waals surface area contributed by atoms with Gasteiger partial charge in [-0.1, -0.05) is 38.1 Å². The minimum absolute atomic E-state index is 0.262. The van der Waals surface area contributed by atoms with Crippen LogP contribution in [0.25, 0.3) is 22.4 Å². The Kier molecular flexibility index (Phi) is 5.56. The highest BCUT2D eigenvalue weighted by Crippen LogP contribution is 2.28. The maximum Gasteiger partial charge on any atom is 0.240 e. The zero-order chi connectivity index (χ0) is 22.1. The summed E-state index contributed by atoms with van der Waals surface area (Å²) in [4.78, 5) is 8.34. The maximum atomic E-state index is 12.6. The summed E-state index contributed by atoms with van der Waals surface area (Å²) in [5, 5.41) is 0. The number of H-pyrrole nitrogens is 1. The maximum absolute atomic E-state index is 12.6. The van der Waals surface area contributed by atoms with Crippen LogP contribution < -0.4 is 9.46 Å². The number of hydrogen-bond donors (Lipinski definition) is 2. The number of imidazole rings is 1. The standard InChI is InChI=1S/C24H25N3O3S/c1-24(2,16-25-31(28,29)20-7-5-4-6-8-20)18-11-14-21-22(15-18)27-23(26-21)17-9-12-19(30-3)13-10-17/h4-15,25H,16H2,1-3H3,(H,26,27). The largest absolute Gasteiger partial charge is 0.497 e. The van der Waals surface area contributed by atoms with Crippen molar-refractivity contribution in [2.24, 2.45) is 0 Å². The summed E-state index contributed by atoms with van der Waals surface area (Å²) in [6.45, 7) is 4.29. The number of ether oxygens (including phenoxy) is 1. The Morgan fingerprint density at radius 3 is 2.39 bits per heavy atom. The van der Waals surface area contributed by atoms with Gasteiger partial charge in [0.05, 0.1) is 23.0 Å². The van der Waals surface area contributed by atoms with Crippen molar-refractivity contribution in [3.8, 4) is 17.1 Å². The highest BCUT2D eigenvalue weighted by molar-refractivity contribution is 7.89. The molecule has 7 heteroatoms. The number of nitrogens with one attached hydrogen (secondary N) is 2. The zero-order valence-corrected chi connectivity index (χ0v) is 18.5. The van der Waals surface area contributed by atoms with Crippen LogP contribution in [0.1, 0.15) is 19.4 Å². The van der Waals surface area contributed by atoms with Gasteiger partial charge in [-0.3, -0.25) is 0 Å². The van der Waals surface area contributed by atoms with Crippen molar-refractivity contribution in [3.63, 3.8) is 0 Å². The minimum Gasteiger partial charge on any atom is -0.497 e. The first-order valence-electron chi connectivity index (χ1n) is 9.98. The van der Waals surface area contributed by atoms with E-state index in [9.17, 15) is 8.42 Å². The number of aromatic amines is 1. The molecular formula is C24H25N3O3S. The number of sulfonamides is 1. The third-order valence-corrected chi connectivity index (χ3v) is 6.80. The average molecular weight is 436 g/mol. The van der Waals surface area contributed by atoms with Gasteiger partial charge in [0.2, 0.25) is 10.0 Å². The van der Waals surface area contributed by atoms with E-state index < -0.39 is 15.4 Å². The van der Waals surface area contributed by atoms with Gasteiger partial charge in [0.15, 0.2) is 0 Å². The van der Waals surface area contributed by atoms with Crippen LogP contribution in [0.3, 0.4) is 0 Å². The molecule has 2 N–H and O–H groups in total. The van der Waals surface area contributed by atoms with E-state index in [1.807, 2.05) is 56.3 Å². The van der Waals surface area contributed by atoms with Gasteiger partial charge in [0, 0.05) is 17.5 Å². The van der Waals surface area contributed by atoms with Crippen molar-refractivity contribution in [3.05, 3.63) is 78.4 Å². The van der Waals surface area contributed by atoms with Gasteiger partial charge in [-0.05, 0) is 54.1 Å². The first-order chi connectivity index (χ1) is 14.8. The lowest BCUT2D eigenvalue weighted by molar-refractivity contribution is 0.415. The molecule has 0 aliphatic rings. The Morgan fingerprint density at radius 1 is 1.00 bits per heavy atom. The highest BCUT2D eigenvalue weighted by atomic mass is 32.2. The molecule has 4 aromatic rings. The lowest BCUT2D eigenvalue weighted by Gasteiger charge is -2.25. The summed E-state index contributed by atoms with van der Waals surface area (Å²) in [5.74, 6) is 1.57. The molecule has 0 atom stereocenters. The molecule has 1 heterocycles. The fraction of sp³-hybridized carbons (Fsp3) is 0.208. The van der Waals surface area contributed by atoms with Gasteiger partial charge in [0.25, 0.3) is 0 Å². The predicted molar refractivity (Wildman–Crippen MR) is 123 cm³/mol. The molecule has 0 radical (unpaired) electrons. The zero-order valence-electron chi connectivity index (χ0n) is 17.7. The van der Waals surface area contributed by atoms with Crippen LogP contribution in [-0.2, 0) is 15.4 Å². The molecule has 0 fully saturated rings. The first-order valence-corrected chi connectivity index (χ1v) is 11.5. The lowest BCUT2D eigenvalue weighted by Crippen LogP contribution is -2.36. The summed E-state index contributed by atoms with van der Waals surface area (Å²) < 4.78 is 33.1. The molecule has 0 amide bonds. The van der Waals surface area contributed by atoms with Crippen LogP contribution in [0.5, 0.6) is 5.75 Å². The Bertz CT molecular complexity index is 1300. The molecule has 31 heavy (non-hydrogen) atoms. The molecule has 0 saturated carbocycles. The number of nitrogens with zero attached hydrogens (tertiary/aromatic N) is 1. The molecule has 6 nitrogen and oxygen atoms in total. The number of methoxy groups -OCH3 is 1. The molecule has 0 saturated heterocycles. The predicted octanol–water partition coefficient (Wildman–Crippen LogP) is 4.49. The van der Waals surface area contributed by atoms with Crippen LogP contribution in [0.2, 0.25) is 0 Å². The summed E-state index contributed by atoms with van der Waals surface area (Å²) in [6, 6.07) is 22.1. The van der Waals surface area contributed by atoms with Gasteiger partial charge in [-0.25, -0.2) is 18.1 Å². The van der Waals surface area contributed by atoms with Crippen molar-refractivity contribution in [1.82, 2.24) is 14.7 Å². The molecule has 1 aromatic heterocycles. The molecule has 4 rings (SSSR count). The van der Waals surface area contributed by atoms with Crippen LogP contribution in [0, 0.1) is 0 Å². The van der Waals surface area contributed by atoms with Crippen LogP contribution in [-0.4, -0.2) is 32.0 Å². The highest BCUT2D eigenvalue weighted by Gasteiger charge is 2.25. The lowest BCUT2D eigenvalue weighted by atomic mass is 9.85. The van der Waals surface area contributed by atoms with Gasteiger partial charge in [-0.15, -0.1) is 0 Å². The fourth-order valence-corrected chi connectivity index (χ4v) is 4.61. The number of rotatable bonds is 7. The smallest absolute Gasteiger partial charge is 0.240 e. The van der Waals surface area contributed by atoms with E-state index in [4.69, 9.17) is 9.72 Å². The monoisotopic (exact) mass is 435 g/mol. The minimum atomic E-state index is -3.56. The summed E-state index contributed by atoms with van der Waals surface area (Å²) in [7, 11) is -1.93. The molecule has 0 aliphatic carbocycles. The van der Waals surface area contributed by atoms with Gasteiger partial charge < -0.3 is 9.72 Å². The van der Waals surface area contributed by atoms with Crippen LogP contribution >= 0.6 is 0 Å². The first kappa shape index (κ1) is 21.1.